The van der Waals surface area contributed by atoms with Gasteiger partial charge in [-0.05, 0) is 37.1 Å². The minimum Gasteiger partial charge on any atom is -0.437 e. The molecule has 4 aromatic heterocycles. The zero-order valence-corrected chi connectivity index (χ0v) is 18.3. The van der Waals surface area contributed by atoms with Crippen LogP contribution in [0.25, 0.3) is 11.2 Å². The van der Waals surface area contributed by atoms with Crippen LogP contribution in [0, 0.1) is 12.8 Å². The zero-order chi connectivity index (χ0) is 22.7. The minimum absolute atomic E-state index is 0.251. The highest BCUT2D eigenvalue weighted by molar-refractivity contribution is 5.81. The molecule has 0 aliphatic carbocycles. The first-order valence-corrected chi connectivity index (χ1v) is 10.4. The lowest BCUT2D eigenvalue weighted by atomic mass is 10.2. The topological polar surface area (TPSA) is 137 Å². The fraction of sp³-hybridized carbons (Fsp3) is 0.318. The van der Waals surface area contributed by atoms with Gasteiger partial charge in [-0.2, -0.15) is 0 Å². The summed E-state index contributed by atoms with van der Waals surface area (Å²) in [4.78, 5) is 32.3. The Morgan fingerprint density at radius 2 is 2.00 bits per heavy atom. The van der Waals surface area contributed by atoms with Crippen molar-refractivity contribution in [3.05, 3.63) is 64.2 Å². The lowest BCUT2D eigenvalue weighted by Gasteiger charge is -2.09. The van der Waals surface area contributed by atoms with Crippen LogP contribution in [0.3, 0.4) is 0 Å². The maximum atomic E-state index is 12.4. The van der Waals surface area contributed by atoms with Gasteiger partial charge in [-0.1, -0.05) is 19.9 Å². The van der Waals surface area contributed by atoms with Crippen molar-refractivity contribution in [2.45, 2.75) is 33.9 Å². The highest BCUT2D eigenvalue weighted by Gasteiger charge is 2.13. The first-order chi connectivity index (χ1) is 15.4. The molecule has 0 saturated carbocycles. The van der Waals surface area contributed by atoms with Crippen molar-refractivity contribution in [3.8, 4) is 11.6 Å². The maximum Gasteiger partial charge on any atom is 0.328 e. The fourth-order valence-electron chi connectivity index (χ4n) is 3.24. The van der Waals surface area contributed by atoms with Crippen molar-refractivity contribution < 1.29 is 4.74 Å². The first kappa shape index (κ1) is 21.4. The SMILES string of the molecule is Cc1nc(N)c2[nH]c(=O)n(Cc3ccc(Oc4ccc(CNCC(C)C)nc4)nc3)c2n1. The molecular weight excluding hydrogens is 408 g/mol. The number of hydrogen-bond acceptors (Lipinski definition) is 8. The van der Waals surface area contributed by atoms with E-state index in [1.165, 1.54) is 4.57 Å². The van der Waals surface area contributed by atoms with E-state index in [0.717, 1.165) is 17.8 Å². The normalized spacial score (nSPS) is 11.4. The van der Waals surface area contributed by atoms with E-state index in [1.54, 1.807) is 25.4 Å². The summed E-state index contributed by atoms with van der Waals surface area (Å²) >= 11 is 0. The summed E-state index contributed by atoms with van der Waals surface area (Å²) in [5.41, 5.74) is 8.26. The predicted octanol–water partition coefficient (Wildman–Crippen LogP) is 2.39. The Morgan fingerprint density at radius 3 is 2.69 bits per heavy atom. The van der Waals surface area contributed by atoms with Gasteiger partial charge in [0, 0.05) is 18.8 Å². The Kier molecular flexibility index (Phi) is 6.13. The molecule has 4 heterocycles. The van der Waals surface area contributed by atoms with Crippen molar-refractivity contribution >= 4 is 17.0 Å². The molecule has 0 unspecified atom stereocenters. The van der Waals surface area contributed by atoms with Crippen molar-refractivity contribution in [2.75, 3.05) is 12.3 Å². The van der Waals surface area contributed by atoms with Gasteiger partial charge in [0.05, 0.1) is 18.4 Å². The molecule has 0 bridgehead atoms. The molecule has 0 atom stereocenters. The van der Waals surface area contributed by atoms with Crippen LogP contribution in [0.4, 0.5) is 5.82 Å². The largest absolute Gasteiger partial charge is 0.437 e. The predicted molar refractivity (Wildman–Crippen MR) is 121 cm³/mol. The molecule has 10 heteroatoms. The minimum atomic E-state index is -0.305. The van der Waals surface area contributed by atoms with E-state index in [2.05, 4.69) is 44.1 Å². The van der Waals surface area contributed by atoms with Gasteiger partial charge in [0.25, 0.3) is 0 Å². The Bertz CT molecular complexity index is 1260. The Balaban J connectivity index is 1.42. The second-order valence-corrected chi connectivity index (χ2v) is 7.99. The third-order valence-electron chi connectivity index (χ3n) is 4.78. The summed E-state index contributed by atoms with van der Waals surface area (Å²) < 4.78 is 7.29. The average Bonchev–Trinajstić information content (AvgIpc) is 3.06. The van der Waals surface area contributed by atoms with E-state index in [-0.39, 0.29) is 11.5 Å². The van der Waals surface area contributed by atoms with Crippen LogP contribution in [0.15, 0.2) is 41.5 Å². The number of ether oxygens (including phenoxy) is 1. The van der Waals surface area contributed by atoms with Crippen LogP contribution in [0.2, 0.25) is 0 Å². The van der Waals surface area contributed by atoms with Crippen molar-refractivity contribution in [3.63, 3.8) is 0 Å². The summed E-state index contributed by atoms with van der Waals surface area (Å²) in [6, 6.07) is 7.40. The molecule has 0 saturated heterocycles. The standard InChI is InChI=1S/C22H26N8O2/c1-13(2)8-24-10-16-5-6-17(11-25-16)32-18-7-4-15(9-26-18)12-30-21-19(29-22(30)31)20(23)27-14(3)28-21/h4-7,9,11,13,24H,8,10,12H2,1-3H3,(H,29,31)(H2,23,27,28). The monoisotopic (exact) mass is 434 g/mol. The van der Waals surface area contributed by atoms with Gasteiger partial charge in [-0.15, -0.1) is 0 Å². The van der Waals surface area contributed by atoms with Crippen LogP contribution in [0.1, 0.15) is 30.9 Å². The second kappa shape index (κ2) is 9.15. The molecule has 0 radical (unpaired) electrons. The summed E-state index contributed by atoms with van der Waals surface area (Å²) in [5, 5.41) is 3.36. The van der Waals surface area contributed by atoms with Crippen molar-refractivity contribution in [1.82, 2.24) is 34.8 Å². The summed E-state index contributed by atoms with van der Waals surface area (Å²) in [7, 11) is 0. The second-order valence-electron chi connectivity index (χ2n) is 7.99. The van der Waals surface area contributed by atoms with E-state index < -0.39 is 0 Å². The van der Waals surface area contributed by atoms with E-state index in [4.69, 9.17) is 10.5 Å². The van der Waals surface area contributed by atoms with Gasteiger partial charge in [0.2, 0.25) is 5.88 Å². The Labute approximate surface area is 184 Å². The van der Waals surface area contributed by atoms with Crippen molar-refractivity contribution in [2.24, 2.45) is 5.92 Å². The molecule has 0 spiro atoms. The van der Waals surface area contributed by atoms with E-state index >= 15 is 0 Å². The van der Waals surface area contributed by atoms with Crippen LogP contribution in [0.5, 0.6) is 11.6 Å². The molecule has 4 aromatic rings. The van der Waals surface area contributed by atoms with Gasteiger partial charge >= 0.3 is 5.69 Å². The number of hydrogen-bond donors (Lipinski definition) is 3. The van der Waals surface area contributed by atoms with Gasteiger partial charge < -0.3 is 20.8 Å². The van der Waals surface area contributed by atoms with Crippen LogP contribution >= 0.6 is 0 Å². The molecule has 0 amide bonds. The number of imidazole rings is 1. The molecular formula is C22H26N8O2. The number of aromatic amines is 1. The van der Waals surface area contributed by atoms with Gasteiger partial charge in [0.1, 0.15) is 17.1 Å². The van der Waals surface area contributed by atoms with Crippen LogP contribution in [-0.2, 0) is 13.1 Å². The Morgan fingerprint density at radius 1 is 1.16 bits per heavy atom. The first-order valence-electron chi connectivity index (χ1n) is 10.4. The molecule has 4 N–H and O–H groups in total. The molecule has 0 aliphatic rings. The number of H-pyrrole nitrogens is 1. The van der Waals surface area contributed by atoms with Crippen molar-refractivity contribution in [1.29, 1.82) is 0 Å². The van der Waals surface area contributed by atoms with Gasteiger partial charge in [-0.3, -0.25) is 9.55 Å². The molecule has 0 aliphatic heterocycles. The highest BCUT2D eigenvalue weighted by Crippen LogP contribution is 2.20. The lowest BCUT2D eigenvalue weighted by molar-refractivity contribution is 0.459. The number of aryl methyl sites for hydroxylation is 1. The third-order valence-corrected chi connectivity index (χ3v) is 4.78. The number of aromatic nitrogens is 6. The molecule has 0 aromatic carbocycles. The number of anilines is 1. The van der Waals surface area contributed by atoms with E-state index in [0.29, 0.717) is 47.6 Å². The Hall–Kier alpha value is -3.79. The van der Waals surface area contributed by atoms with E-state index in [9.17, 15) is 4.79 Å². The summed E-state index contributed by atoms with van der Waals surface area (Å²) in [5.74, 6) is 2.39. The fourth-order valence-corrected chi connectivity index (χ4v) is 3.24. The number of pyridine rings is 2. The zero-order valence-electron chi connectivity index (χ0n) is 18.3. The van der Waals surface area contributed by atoms with Gasteiger partial charge in [0.15, 0.2) is 11.5 Å². The average molecular weight is 435 g/mol. The maximum absolute atomic E-state index is 12.4. The summed E-state index contributed by atoms with van der Waals surface area (Å²) in [6.07, 6.45) is 3.34. The molecule has 32 heavy (non-hydrogen) atoms. The smallest absolute Gasteiger partial charge is 0.328 e. The van der Waals surface area contributed by atoms with Crippen LogP contribution in [-0.4, -0.2) is 36.0 Å². The highest BCUT2D eigenvalue weighted by atomic mass is 16.5. The number of nitrogens with one attached hydrogen (secondary N) is 2. The quantitative estimate of drug-likeness (QED) is 0.384. The molecule has 0 fully saturated rings. The molecule has 166 valence electrons. The number of nitrogens with two attached hydrogens (primary N) is 1. The number of nitrogen functional groups attached to an aromatic ring is 1. The number of nitrogens with zero attached hydrogens (tertiary/aromatic N) is 5. The molecule has 4 rings (SSSR count). The lowest BCUT2D eigenvalue weighted by Crippen LogP contribution is -2.19. The number of fused-ring (bicyclic) bond motifs is 1. The third kappa shape index (κ3) is 4.92. The molecule has 10 nitrogen and oxygen atoms in total. The van der Waals surface area contributed by atoms with Gasteiger partial charge in [-0.25, -0.2) is 19.7 Å². The van der Waals surface area contributed by atoms with Crippen LogP contribution < -0.4 is 21.5 Å². The number of rotatable bonds is 8. The van der Waals surface area contributed by atoms with E-state index in [1.807, 2.05) is 18.2 Å². The summed E-state index contributed by atoms with van der Waals surface area (Å²) in [6.45, 7) is 8.02.